The quantitative estimate of drug-likeness (QED) is 0.414. The number of carboxylic acid groups (broad SMARTS) is 1. The maximum atomic E-state index is 12.5. The molecule has 1 aliphatic rings. The number of aliphatic hydroxyl groups is 1. The van der Waals surface area contributed by atoms with E-state index < -0.39 is 30.4 Å². The van der Waals surface area contributed by atoms with E-state index in [-0.39, 0.29) is 25.0 Å². The average molecular weight is 455 g/mol. The number of carbonyl (C=O) groups is 3. The molecule has 0 bridgehead atoms. The molecule has 2 unspecified atom stereocenters. The number of benzene rings is 2. The zero-order valence-corrected chi connectivity index (χ0v) is 18.6. The Labute approximate surface area is 193 Å². The summed E-state index contributed by atoms with van der Waals surface area (Å²) in [6.07, 6.45) is -0.127. The monoisotopic (exact) mass is 454 g/mol. The maximum absolute atomic E-state index is 12.5. The van der Waals surface area contributed by atoms with Gasteiger partial charge in [0.15, 0.2) is 0 Å². The molecular weight excluding hydrogens is 424 g/mol. The third kappa shape index (κ3) is 6.10. The van der Waals surface area contributed by atoms with Gasteiger partial charge in [0.1, 0.15) is 12.6 Å². The van der Waals surface area contributed by atoms with Crippen molar-refractivity contribution in [2.45, 2.75) is 38.1 Å². The Morgan fingerprint density at radius 3 is 2.18 bits per heavy atom. The number of ether oxygens (including phenoxy) is 1. The smallest absolute Gasteiger partial charge is 0.407 e. The molecule has 0 saturated carbocycles. The van der Waals surface area contributed by atoms with Crippen molar-refractivity contribution < 1.29 is 29.3 Å². The van der Waals surface area contributed by atoms with Crippen LogP contribution < -0.4 is 10.6 Å². The lowest BCUT2D eigenvalue weighted by molar-refractivity contribution is -0.139. The molecule has 2 amide bonds. The predicted molar refractivity (Wildman–Crippen MR) is 123 cm³/mol. The van der Waals surface area contributed by atoms with Crippen molar-refractivity contribution >= 4 is 18.0 Å². The summed E-state index contributed by atoms with van der Waals surface area (Å²) >= 11 is 0. The molecule has 2 aromatic rings. The summed E-state index contributed by atoms with van der Waals surface area (Å²) in [7, 11) is 0. The van der Waals surface area contributed by atoms with Crippen LogP contribution in [-0.2, 0) is 14.3 Å². The number of amides is 2. The van der Waals surface area contributed by atoms with Gasteiger partial charge in [0, 0.05) is 19.1 Å². The molecule has 0 radical (unpaired) electrons. The van der Waals surface area contributed by atoms with E-state index in [1.54, 1.807) is 0 Å². The minimum Gasteiger partial charge on any atom is -0.481 e. The number of nitrogens with one attached hydrogen (secondary N) is 2. The number of fused-ring (bicyclic) bond motifs is 3. The standard InChI is InChI=1S/C25H30N2O6/c1-2-16(11-12-28)14-26-24(31)22(13-23(29)30)27-25(32)33-15-21-19-9-5-3-7-17(19)18-8-4-6-10-20(18)21/h3-10,16,21-22,28H,2,11-15H2,1H3,(H,26,31)(H,27,32)(H,29,30). The summed E-state index contributed by atoms with van der Waals surface area (Å²) in [6.45, 7) is 2.30. The number of aliphatic carboxylic acids is 1. The summed E-state index contributed by atoms with van der Waals surface area (Å²) in [5.41, 5.74) is 4.30. The second-order valence-corrected chi connectivity index (χ2v) is 8.15. The molecule has 3 rings (SSSR count). The van der Waals surface area contributed by atoms with Crippen LogP contribution in [0.1, 0.15) is 43.2 Å². The topological polar surface area (TPSA) is 125 Å². The van der Waals surface area contributed by atoms with Gasteiger partial charge in [0.25, 0.3) is 0 Å². The van der Waals surface area contributed by atoms with E-state index in [0.717, 1.165) is 28.7 Å². The van der Waals surface area contributed by atoms with Gasteiger partial charge in [0.05, 0.1) is 6.42 Å². The first-order chi connectivity index (χ1) is 15.9. The number of carboxylic acids is 1. The van der Waals surface area contributed by atoms with E-state index >= 15 is 0 Å². The number of carbonyl (C=O) groups excluding carboxylic acids is 2. The summed E-state index contributed by atoms with van der Waals surface area (Å²) < 4.78 is 5.43. The van der Waals surface area contributed by atoms with Gasteiger partial charge in [-0.25, -0.2) is 4.79 Å². The van der Waals surface area contributed by atoms with Gasteiger partial charge in [-0.15, -0.1) is 0 Å². The zero-order valence-electron chi connectivity index (χ0n) is 18.6. The highest BCUT2D eigenvalue weighted by Crippen LogP contribution is 2.44. The van der Waals surface area contributed by atoms with Crippen molar-refractivity contribution in [1.29, 1.82) is 0 Å². The van der Waals surface area contributed by atoms with Gasteiger partial charge >= 0.3 is 12.1 Å². The van der Waals surface area contributed by atoms with Crippen molar-refractivity contribution in [1.82, 2.24) is 10.6 Å². The highest BCUT2D eigenvalue weighted by Gasteiger charge is 2.30. The highest BCUT2D eigenvalue weighted by molar-refractivity contribution is 5.89. The normalized spacial score (nSPS) is 14.0. The van der Waals surface area contributed by atoms with Crippen LogP contribution in [0.3, 0.4) is 0 Å². The predicted octanol–water partition coefficient (Wildman–Crippen LogP) is 2.89. The third-order valence-corrected chi connectivity index (χ3v) is 6.01. The second kappa shape index (κ2) is 11.5. The van der Waals surface area contributed by atoms with Gasteiger partial charge in [-0.1, -0.05) is 61.9 Å². The first kappa shape index (κ1) is 24.3. The van der Waals surface area contributed by atoms with Crippen LogP contribution in [0.2, 0.25) is 0 Å². The van der Waals surface area contributed by atoms with Crippen molar-refractivity contribution in [3.05, 3.63) is 59.7 Å². The van der Waals surface area contributed by atoms with Crippen LogP contribution in [-0.4, -0.2) is 54.0 Å². The van der Waals surface area contributed by atoms with Crippen LogP contribution in [0.25, 0.3) is 11.1 Å². The van der Waals surface area contributed by atoms with Gasteiger partial charge < -0.3 is 25.6 Å². The molecule has 0 fully saturated rings. The van der Waals surface area contributed by atoms with Gasteiger partial charge in [0.2, 0.25) is 5.91 Å². The molecule has 33 heavy (non-hydrogen) atoms. The fourth-order valence-electron chi connectivity index (χ4n) is 4.17. The van der Waals surface area contributed by atoms with Crippen LogP contribution in [0.15, 0.2) is 48.5 Å². The molecule has 2 aromatic carbocycles. The summed E-state index contributed by atoms with van der Waals surface area (Å²) in [6, 6.07) is 14.6. The van der Waals surface area contributed by atoms with Crippen molar-refractivity contribution in [3.63, 3.8) is 0 Å². The van der Waals surface area contributed by atoms with E-state index in [4.69, 9.17) is 14.9 Å². The lowest BCUT2D eigenvalue weighted by atomic mass is 9.98. The fourth-order valence-corrected chi connectivity index (χ4v) is 4.17. The largest absolute Gasteiger partial charge is 0.481 e. The van der Waals surface area contributed by atoms with Crippen molar-refractivity contribution in [3.8, 4) is 11.1 Å². The second-order valence-electron chi connectivity index (χ2n) is 8.15. The molecule has 2 atom stereocenters. The van der Waals surface area contributed by atoms with Gasteiger partial charge in [-0.3, -0.25) is 9.59 Å². The van der Waals surface area contributed by atoms with Gasteiger partial charge in [-0.05, 0) is 34.6 Å². The molecule has 8 heteroatoms. The summed E-state index contributed by atoms with van der Waals surface area (Å²) in [5.74, 6) is -1.88. The number of hydrogen-bond donors (Lipinski definition) is 4. The Kier molecular flexibility index (Phi) is 8.43. The maximum Gasteiger partial charge on any atom is 0.407 e. The fraction of sp³-hybridized carbons (Fsp3) is 0.400. The van der Waals surface area contributed by atoms with Crippen LogP contribution >= 0.6 is 0 Å². The highest BCUT2D eigenvalue weighted by atomic mass is 16.5. The Balaban J connectivity index is 1.61. The Morgan fingerprint density at radius 2 is 1.64 bits per heavy atom. The molecule has 8 nitrogen and oxygen atoms in total. The Bertz CT molecular complexity index is 947. The first-order valence-corrected chi connectivity index (χ1v) is 11.2. The number of aliphatic hydroxyl groups excluding tert-OH is 1. The van der Waals surface area contributed by atoms with Gasteiger partial charge in [-0.2, -0.15) is 0 Å². The number of alkyl carbamates (subject to hydrolysis) is 1. The lowest BCUT2D eigenvalue weighted by Crippen LogP contribution is -2.49. The van der Waals surface area contributed by atoms with E-state index in [2.05, 4.69) is 10.6 Å². The van der Waals surface area contributed by atoms with Crippen LogP contribution in [0, 0.1) is 5.92 Å². The first-order valence-electron chi connectivity index (χ1n) is 11.2. The minimum absolute atomic E-state index is 0.00489. The summed E-state index contributed by atoms with van der Waals surface area (Å²) in [4.78, 5) is 36.2. The minimum atomic E-state index is -1.26. The third-order valence-electron chi connectivity index (χ3n) is 6.01. The summed E-state index contributed by atoms with van der Waals surface area (Å²) in [5, 5.41) is 23.3. The zero-order chi connectivity index (χ0) is 23.8. The lowest BCUT2D eigenvalue weighted by Gasteiger charge is -2.20. The van der Waals surface area contributed by atoms with E-state index in [0.29, 0.717) is 13.0 Å². The van der Waals surface area contributed by atoms with Crippen LogP contribution in [0.5, 0.6) is 0 Å². The molecule has 0 aliphatic heterocycles. The van der Waals surface area contributed by atoms with E-state index in [9.17, 15) is 14.4 Å². The molecule has 176 valence electrons. The molecule has 4 N–H and O–H groups in total. The molecule has 1 aliphatic carbocycles. The molecule has 0 spiro atoms. The SMILES string of the molecule is CCC(CCO)CNC(=O)C(CC(=O)O)NC(=O)OCC1c2ccccc2-c2ccccc21. The Morgan fingerprint density at radius 1 is 1.03 bits per heavy atom. The van der Waals surface area contributed by atoms with Crippen molar-refractivity contribution in [2.75, 3.05) is 19.8 Å². The van der Waals surface area contributed by atoms with E-state index in [1.807, 2.05) is 55.5 Å². The Hall–Kier alpha value is -3.39. The average Bonchev–Trinajstić information content (AvgIpc) is 3.13. The van der Waals surface area contributed by atoms with Crippen LogP contribution in [0.4, 0.5) is 4.79 Å². The molecule has 0 saturated heterocycles. The number of rotatable bonds is 11. The molecule has 0 aromatic heterocycles. The molecule has 0 heterocycles. The van der Waals surface area contributed by atoms with E-state index in [1.165, 1.54) is 0 Å². The number of hydrogen-bond acceptors (Lipinski definition) is 5. The molecular formula is C25H30N2O6. The van der Waals surface area contributed by atoms with Crippen molar-refractivity contribution in [2.24, 2.45) is 5.92 Å².